The van der Waals surface area contributed by atoms with Gasteiger partial charge in [0.2, 0.25) is 0 Å². The van der Waals surface area contributed by atoms with Gasteiger partial charge in [0.1, 0.15) is 5.69 Å². The molecule has 0 fully saturated rings. The number of hydrogen-bond acceptors (Lipinski definition) is 4. The molecular formula is C16H12N4O. The smallest absolute Gasteiger partial charge is 0.267 e. The topological polar surface area (TPSA) is 67.2 Å². The summed E-state index contributed by atoms with van der Waals surface area (Å²) in [6.45, 7) is 0. The lowest BCUT2D eigenvalue weighted by Gasteiger charge is -1.99. The van der Waals surface area contributed by atoms with Crippen LogP contribution < -0.4 is 5.43 Å². The third-order valence-corrected chi connectivity index (χ3v) is 2.87. The summed E-state index contributed by atoms with van der Waals surface area (Å²) in [7, 11) is 0. The van der Waals surface area contributed by atoms with Gasteiger partial charge in [-0.15, -0.1) is 0 Å². The fourth-order valence-corrected chi connectivity index (χ4v) is 1.84. The van der Waals surface area contributed by atoms with Crippen molar-refractivity contribution in [2.75, 3.05) is 0 Å². The van der Waals surface area contributed by atoms with E-state index in [0.717, 1.165) is 11.0 Å². The summed E-state index contributed by atoms with van der Waals surface area (Å²) < 4.78 is 0. The Bertz CT molecular complexity index is 799. The number of nitrogens with one attached hydrogen (secondary N) is 1. The first-order valence-corrected chi connectivity index (χ1v) is 6.43. The number of benzene rings is 2. The zero-order valence-electron chi connectivity index (χ0n) is 11.1. The van der Waals surface area contributed by atoms with Gasteiger partial charge >= 0.3 is 0 Å². The number of amides is 1. The van der Waals surface area contributed by atoms with Crippen molar-refractivity contribution in [1.29, 1.82) is 0 Å². The van der Waals surface area contributed by atoms with E-state index in [2.05, 4.69) is 20.5 Å². The lowest BCUT2D eigenvalue weighted by atomic mass is 10.2. The Labute approximate surface area is 121 Å². The number of hydrogen-bond donors (Lipinski definition) is 1. The van der Waals surface area contributed by atoms with Crippen LogP contribution in [0.2, 0.25) is 0 Å². The molecule has 0 aliphatic carbocycles. The number of carbonyl (C=O) groups is 1. The van der Waals surface area contributed by atoms with Crippen LogP contribution in [0.1, 0.15) is 16.1 Å². The van der Waals surface area contributed by atoms with Gasteiger partial charge in [-0.1, -0.05) is 30.3 Å². The highest BCUT2D eigenvalue weighted by atomic mass is 16.2. The van der Waals surface area contributed by atoms with Crippen LogP contribution in [0.5, 0.6) is 0 Å². The quantitative estimate of drug-likeness (QED) is 0.590. The molecule has 1 N–H and O–H groups in total. The zero-order valence-corrected chi connectivity index (χ0v) is 11.1. The summed E-state index contributed by atoms with van der Waals surface area (Å²) in [6.07, 6.45) is 3.08. The van der Waals surface area contributed by atoms with E-state index in [1.54, 1.807) is 30.5 Å². The predicted octanol–water partition coefficient (Wildman–Crippen LogP) is 2.39. The van der Waals surface area contributed by atoms with E-state index >= 15 is 0 Å². The van der Waals surface area contributed by atoms with Gasteiger partial charge in [-0.25, -0.2) is 10.4 Å². The molecule has 1 aromatic heterocycles. The molecule has 0 atom stereocenters. The van der Waals surface area contributed by atoms with E-state index in [0.29, 0.717) is 11.3 Å². The number of hydrazone groups is 1. The molecule has 1 amide bonds. The number of aromatic nitrogens is 2. The molecule has 3 rings (SSSR count). The predicted molar refractivity (Wildman–Crippen MR) is 81.0 cm³/mol. The average Bonchev–Trinajstić information content (AvgIpc) is 2.55. The monoisotopic (exact) mass is 276 g/mol. The minimum atomic E-state index is -0.263. The van der Waals surface area contributed by atoms with Crippen molar-refractivity contribution in [2.45, 2.75) is 0 Å². The van der Waals surface area contributed by atoms with Crippen molar-refractivity contribution in [3.8, 4) is 0 Å². The summed E-state index contributed by atoms with van der Waals surface area (Å²) in [5.74, 6) is -0.263. The standard InChI is InChI=1S/C16H12N4O/c21-16(12-6-2-1-3-7-12)20-18-11-13-10-17-14-8-4-5-9-15(14)19-13/h1-11H,(H,20,21)/b18-11-. The average molecular weight is 276 g/mol. The van der Waals surface area contributed by atoms with Crippen molar-refractivity contribution in [1.82, 2.24) is 15.4 Å². The Kier molecular flexibility index (Phi) is 3.64. The molecule has 0 aliphatic rings. The molecule has 0 radical (unpaired) electrons. The van der Waals surface area contributed by atoms with E-state index in [-0.39, 0.29) is 5.91 Å². The highest BCUT2D eigenvalue weighted by Crippen LogP contribution is 2.07. The Morgan fingerprint density at radius 3 is 2.52 bits per heavy atom. The Balaban J connectivity index is 1.71. The Morgan fingerprint density at radius 2 is 1.71 bits per heavy atom. The summed E-state index contributed by atoms with van der Waals surface area (Å²) in [4.78, 5) is 20.4. The highest BCUT2D eigenvalue weighted by molar-refractivity contribution is 5.94. The largest absolute Gasteiger partial charge is 0.271 e. The molecule has 0 spiro atoms. The number of nitrogens with zero attached hydrogens (tertiary/aromatic N) is 3. The van der Waals surface area contributed by atoms with Crippen LogP contribution >= 0.6 is 0 Å². The van der Waals surface area contributed by atoms with Gasteiger partial charge in [0.05, 0.1) is 23.4 Å². The van der Waals surface area contributed by atoms with E-state index in [4.69, 9.17) is 0 Å². The molecule has 3 aromatic rings. The molecule has 0 aliphatic heterocycles. The van der Waals surface area contributed by atoms with Gasteiger partial charge < -0.3 is 0 Å². The molecule has 0 unspecified atom stereocenters. The van der Waals surface area contributed by atoms with Crippen LogP contribution in [0.4, 0.5) is 0 Å². The second kappa shape index (κ2) is 5.92. The first-order chi connectivity index (χ1) is 10.3. The highest BCUT2D eigenvalue weighted by Gasteiger charge is 2.02. The van der Waals surface area contributed by atoms with Gasteiger partial charge in [0.15, 0.2) is 0 Å². The molecule has 1 heterocycles. The van der Waals surface area contributed by atoms with Crippen molar-refractivity contribution in [3.63, 3.8) is 0 Å². The number of carbonyl (C=O) groups excluding carboxylic acids is 1. The zero-order chi connectivity index (χ0) is 14.5. The number of para-hydroxylation sites is 2. The number of fused-ring (bicyclic) bond motifs is 1. The maximum Gasteiger partial charge on any atom is 0.271 e. The van der Waals surface area contributed by atoms with E-state index in [9.17, 15) is 4.79 Å². The van der Waals surface area contributed by atoms with Crippen molar-refractivity contribution < 1.29 is 4.79 Å². The normalized spacial score (nSPS) is 10.9. The van der Waals surface area contributed by atoms with Crippen LogP contribution in [0.15, 0.2) is 65.9 Å². The summed E-state index contributed by atoms with van der Waals surface area (Å²) in [6, 6.07) is 16.5. The molecule has 5 nitrogen and oxygen atoms in total. The molecule has 0 saturated heterocycles. The van der Waals surface area contributed by atoms with Crippen LogP contribution in [0.25, 0.3) is 11.0 Å². The first kappa shape index (κ1) is 12.9. The summed E-state index contributed by atoms with van der Waals surface area (Å²) in [5, 5.41) is 3.90. The fraction of sp³-hybridized carbons (Fsp3) is 0. The molecule has 21 heavy (non-hydrogen) atoms. The molecule has 5 heteroatoms. The second-order valence-electron chi connectivity index (χ2n) is 4.35. The summed E-state index contributed by atoms with van der Waals surface area (Å²) in [5.41, 5.74) is 5.21. The third-order valence-electron chi connectivity index (χ3n) is 2.87. The molecule has 2 aromatic carbocycles. The first-order valence-electron chi connectivity index (χ1n) is 6.43. The van der Waals surface area contributed by atoms with E-state index in [1.807, 2.05) is 30.3 Å². The number of rotatable bonds is 3. The van der Waals surface area contributed by atoms with Crippen molar-refractivity contribution in [2.24, 2.45) is 5.10 Å². The molecule has 0 saturated carbocycles. The SMILES string of the molecule is O=C(N/N=C\c1cnc2ccccc2n1)c1ccccc1. The van der Waals surface area contributed by atoms with Gasteiger partial charge in [0.25, 0.3) is 5.91 Å². The van der Waals surface area contributed by atoms with Crippen molar-refractivity contribution >= 4 is 23.2 Å². The van der Waals surface area contributed by atoms with Gasteiger partial charge in [-0.05, 0) is 24.3 Å². The maximum atomic E-state index is 11.8. The third kappa shape index (κ3) is 3.09. The van der Waals surface area contributed by atoms with Gasteiger partial charge in [0, 0.05) is 5.56 Å². The maximum absolute atomic E-state index is 11.8. The molecule has 102 valence electrons. The second-order valence-corrected chi connectivity index (χ2v) is 4.35. The van der Waals surface area contributed by atoms with E-state index in [1.165, 1.54) is 6.21 Å². The lowest BCUT2D eigenvalue weighted by Crippen LogP contribution is -2.17. The van der Waals surface area contributed by atoms with Gasteiger partial charge in [-0.2, -0.15) is 5.10 Å². The Hall–Kier alpha value is -3.08. The van der Waals surface area contributed by atoms with Crippen LogP contribution in [0, 0.1) is 0 Å². The molecular weight excluding hydrogens is 264 g/mol. The van der Waals surface area contributed by atoms with Crippen molar-refractivity contribution in [3.05, 3.63) is 72.1 Å². The lowest BCUT2D eigenvalue weighted by molar-refractivity contribution is 0.0955. The van der Waals surface area contributed by atoms with Gasteiger partial charge in [-0.3, -0.25) is 9.78 Å². The van der Waals surface area contributed by atoms with Crippen LogP contribution in [-0.4, -0.2) is 22.1 Å². The molecule has 0 bridgehead atoms. The minimum absolute atomic E-state index is 0.263. The van der Waals surface area contributed by atoms with Crippen LogP contribution in [0.3, 0.4) is 0 Å². The van der Waals surface area contributed by atoms with E-state index < -0.39 is 0 Å². The fourth-order valence-electron chi connectivity index (χ4n) is 1.84. The summed E-state index contributed by atoms with van der Waals surface area (Å²) >= 11 is 0. The van der Waals surface area contributed by atoms with Crippen LogP contribution in [-0.2, 0) is 0 Å². The minimum Gasteiger partial charge on any atom is -0.267 e. The Morgan fingerprint density at radius 1 is 1.00 bits per heavy atom.